The Bertz CT molecular complexity index is 1120. The van der Waals surface area contributed by atoms with Gasteiger partial charge in [0.15, 0.2) is 0 Å². The van der Waals surface area contributed by atoms with E-state index in [-0.39, 0.29) is 17.9 Å². The van der Waals surface area contributed by atoms with Gasteiger partial charge in [0.1, 0.15) is 5.54 Å². The van der Waals surface area contributed by atoms with Gasteiger partial charge >= 0.3 is 5.97 Å². The third kappa shape index (κ3) is 3.15. The van der Waals surface area contributed by atoms with Crippen molar-refractivity contribution in [1.29, 1.82) is 0 Å². The van der Waals surface area contributed by atoms with Crippen LogP contribution in [-0.2, 0) is 19.1 Å². The van der Waals surface area contributed by atoms with E-state index in [1.807, 2.05) is 48.5 Å². The number of rotatable bonds is 4. The molecule has 3 aliphatic rings. The van der Waals surface area contributed by atoms with Crippen LogP contribution in [0.1, 0.15) is 37.8 Å². The van der Waals surface area contributed by atoms with Crippen LogP contribution in [0.25, 0.3) is 11.1 Å². The largest absolute Gasteiger partial charge is 0.468 e. The molecule has 172 valence electrons. The summed E-state index contributed by atoms with van der Waals surface area (Å²) < 4.78 is 5.25. The van der Waals surface area contributed by atoms with E-state index in [9.17, 15) is 14.4 Å². The number of halogens is 1. The lowest BCUT2D eigenvalue weighted by atomic mass is 9.75. The van der Waals surface area contributed by atoms with Crippen LogP contribution in [0.15, 0.2) is 48.5 Å². The van der Waals surface area contributed by atoms with Crippen LogP contribution in [0.4, 0.5) is 0 Å². The van der Waals surface area contributed by atoms with E-state index in [0.29, 0.717) is 24.5 Å². The molecule has 3 heterocycles. The molecular formula is C26H27ClN2O4. The normalized spacial score (nSPS) is 29.2. The van der Waals surface area contributed by atoms with Crippen molar-refractivity contribution in [3.05, 3.63) is 59.1 Å². The molecule has 2 amide bonds. The molecule has 6 nitrogen and oxygen atoms in total. The second kappa shape index (κ2) is 8.26. The fourth-order valence-electron chi connectivity index (χ4n) is 6.27. The Morgan fingerprint density at radius 1 is 1.09 bits per heavy atom. The summed E-state index contributed by atoms with van der Waals surface area (Å²) in [6, 6.07) is 15.3. The number of piperidine rings is 1. The Morgan fingerprint density at radius 2 is 1.85 bits per heavy atom. The molecule has 0 saturated carbocycles. The van der Waals surface area contributed by atoms with Gasteiger partial charge in [0.2, 0.25) is 11.8 Å². The summed E-state index contributed by atoms with van der Waals surface area (Å²) in [5, 5.41) is 0.668. The Kier molecular flexibility index (Phi) is 5.53. The van der Waals surface area contributed by atoms with E-state index in [2.05, 4.69) is 4.90 Å². The number of nitrogens with zero attached hydrogens (tertiary/aromatic N) is 2. The number of carbonyl (C=O) groups is 3. The number of amides is 2. The van der Waals surface area contributed by atoms with Gasteiger partial charge in [0.05, 0.1) is 18.9 Å². The number of ether oxygens (including phenoxy) is 1. The topological polar surface area (TPSA) is 66.9 Å². The van der Waals surface area contributed by atoms with Gasteiger partial charge < -0.3 is 4.74 Å². The molecule has 2 aromatic rings. The lowest BCUT2D eigenvalue weighted by molar-refractivity contribution is -0.164. The van der Waals surface area contributed by atoms with Gasteiger partial charge in [0, 0.05) is 17.6 Å². The number of methoxy groups -OCH3 is 1. The number of hydrogen-bond acceptors (Lipinski definition) is 5. The van der Waals surface area contributed by atoms with Crippen LogP contribution in [0.3, 0.4) is 0 Å². The van der Waals surface area contributed by atoms with E-state index in [4.69, 9.17) is 16.3 Å². The minimum Gasteiger partial charge on any atom is -0.468 e. The molecule has 33 heavy (non-hydrogen) atoms. The molecule has 3 fully saturated rings. The molecule has 0 radical (unpaired) electrons. The molecule has 0 aromatic heterocycles. The predicted molar refractivity (Wildman–Crippen MR) is 124 cm³/mol. The van der Waals surface area contributed by atoms with Crippen molar-refractivity contribution in [2.24, 2.45) is 11.8 Å². The maximum absolute atomic E-state index is 13.4. The van der Waals surface area contributed by atoms with Crippen LogP contribution >= 0.6 is 11.6 Å². The van der Waals surface area contributed by atoms with Gasteiger partial charge in [-0.2, -0.15) is 0 Å². The first kappa shape index (κ1) is 22.1. The van der Waals surface area contributed by atoms with Gasteiger partial charge in [-0.25, -0.2) is 0 Å². The molecule has 0 aliphatic carbocycles. The molecular weight excluding hydrogens is 440 g/mol. The molecule has 0 bridgehead atoms. The number of esters is 1. The molecule has 0 unspecified atom stereocenters. The molecule has 3 saturated heterocycles. The Balaban J connectivity index is 1.61. The lowest BCUT2D eigenvalue weighted by Crippen LogP contribution is -2.59. The van der Waals surface area contributed by atoms with Crippen LogP contribution in [0.2, 0.25) is 5.02 Å². The lowest BCUT2D eigenvalue weighted by Gasteiger charge is -2.44. The maximum atomic E-state index is 13.4. The summed E-state index contributed by atoms with van der Waals surface area (Å²) in [4.78, 5) is 43.5. The van der Waals surface area contributed by atoms with E-state index in [1.54, 1.807) is 6.92 Å². The Morgan fingerprint density at radius 3 is 2.52 bits per heavy atom. The maximum Gasteiger partial charge on any atom is 0.327 e. The SMILES string of the molecule is CCN1C(=O)[C@H]2[C@@H](c3ccc(-c4cccc(Cl)c4)cc3)N3CCCC[C@@]3(C(=O)OC)[C@H]2C1=O. The highest BCUT2D eigenvalue weighted by Gasteiger charge is 2.72. The van der Waals surface area contributed by atoms with Gasteiger partial charge in [-0.1, -0.05) is 48.0 Å². The highest BCUT2D eigenvalue weighted by atomic mass is 35.5. The number of fused-ring (bicyclic) bond motifs is 3. The van der Waals surface area contributed by atoms with Crippen LogP contribution < -0.4 is 0 Å². The number of benzene rings is 2. The summed E-state index contributed by atoms with van der Waals surface area (Å²) in [5.74, 6) is -2.15. The zero-order valence-electron chi connectivity index (χ0n) is 18.8. The summed E-state index contributed by atoms with van der Waals surface area (Å²) in [6.45, 7) is 2.76. The first-order valence-electron chi connectivity index (χ1n) is 11.5. The fraction of sp³-hybridized carbons (Fsp3) is 0.423. The second-order valence-corrected chi connectivity index (χ2v) is 9.50. The van der Waals surface area contributed by atoms with Crippen molar-refractivity contribution in [2.75, 3.05) is 20.2 Å². The van der Waals surface area contributed by atoms with Crippen molar-refractivity contribution in [2.45, 2.75) is 37.8 Å². The minimum atomic E-state index is -1.09. The van der Waals surface area contributed by atoms with Crippen LogP contribution in [0, 0.1) is 11.8 Å². The quantitative estimate of drug-likeness (QED) is 0.501. The summed E-state index contributed by atoms with van der Waals surface area (Å²) in [6.07, 6.45) is 2.26. The Labute approximate surface area is 198 Å². The summed E-state index contributed by atoms with van der Waals surface area (Å²) >= 11 is 6.16. The molecule has 5 rings (SSSR count). The number of imide groups is 1. The van der Waals surface area contributed by atoms with Gasteiger partial charge in [-0.3, -0.25) is 24.2 Å². The zero-order chi connectivity index (χ0) is 23.3. The molecule has 4 atom stereocenters. The first-order valence-corrected chi connectivity index (χ1v) is 11.9. The predicted octanol–water partition coefficient (Wildman–Crippen LogP) is 4.08. The zero-order valence-corrected chi connectivity index (χ0v) is 19.5. The third-order valence-electron chi connectivity index (χ3n) is 7.62. The van der Waals surface area contributed by atoms with Gasteiger partial charge in [0.25, 0.3) is 0 Å². The average molecular weight is 467 g/mol. The van der Waals surface area contributed by atoms with Crippen LogP contribution in [-0.4, -0.2) is 53.3 Å². The van der Waals surface area contributed by atoms with E-state index >= 15 is 0 Å². The van der Waals surface area contributed by atoms with Crippen molar-refractivity contribution in [3.8, 4) is 11.1 Å². The molecule has 3 aliphatic heterocycles. The minimum absolute atomic E-state index is 0.186. The van der Waals surface area contributed by atoms with E-state index < -0.39 is 23.3 Å². The first-order chi connectivity index (χ1) is 15.9. The fourth-order valence-corrected chi connectivity index (χ4v) is 6.46. The van der Waals surface area contributed by atoms with Crippen molar-refractivity contribution < 1.29 is 19.1 Å². The number of hydrogen-bond donors (Lipinski definition) is 0. The highest BCUT2D eigenvalue weighted by Crippen LogP contribution is 2.58. The van der Waals surface area contributed by atoms with Crippen molar-refractivity contribution in [3.63, 3.8) is 0 Å². The summed E-state index contributed by atoms with van der Waals surface area (Å²) in [5.41, 5.74) is 1.86. The molecule has 2 aromatic carbocycles. The molecule has 0 spiro atoms. The standard InChI is InChI=1S/C26H27ClN2O4/c1-3-28-23(30)20-21(24(28)31)26(25(32)33-2)13-4-5-14-29(26)22(20)17-11-9-16(10-12-17)18-7-6-8-19(27)15-18/h6-12,15,20-22H,3-5,13-14H2,1-2H3/t20-,21-,22-,26+/m1/s1. The van der Waals surface area contributed by atoms with E-state index in [1.165, 1.54) is 12.0 Å². The average Bonchev–Trinajstić information content (AvgIpc) is 3.29. The van der Waals surface area contributed by atoms with Gasteiger partial charge in [-0.05, 0) is 61.6 Å². The van der Waals surface area contributed by atoms with Crippen LogP contribution in [0.5, 0.6) is 0 Å². The Hall–Kier alpha value is -2.70. The van der Waals surface area contributed by atoms with Crippen molar-refractivity contribution in [1.82, 2.24) is 9.80 Å². The third-order valence-corrected chi connectivity index (χ3v) is 7.85. The van der Waals surface area contributed by atoms with Gasteiger partial charge in [-0.15, -0.1) is 0 Å². The monoisotopic (exact) mass is 466 g/mol. The molecule has 7 heteroatoms. The van der Waals surface area contributed by atoms with E-state index in [0.717, 1.165) is 29.5 Å². The van der Waals surface area contributed by atoms with Crippen molar-refractivity contribution >= 4 is 29.4 Å². The number of likely N-dealkylation sites (tertiary alicyclic amines) is 1. The smallest absolute Gasteiger partial charge is 0.327 e. The molecule has 0 N–H and O–H groups in total. The second-order valence-electron chi connectivity index (χ2n) is 9.07. The summed E-state index contributed by atoms with van der Waals surface area (Å²) in [7, 11) is 1.37. The number of carbonyl (C=O) groups excluding carboxylic acids is 3. The highest BCUT2D eigenvalue weighted by molar-refractivity contribution is 6.30.